The average Bonchev–Trinajstić information content (AvgIpc) is 3.04. The third-order valence-electron chi connectivity index (χ3n) is 3.88. The summed E-state index contributed by atoms with van der Waals surface area (Å²) < 4.78 is 1.74. The lowest BCUT2D eigenvalue weighted by Crippen LogP contribution is -2.37. The second-order valence-electron chi connectivity index (χ2n) is 5.55. The number of anilines is 1. The second kappa shape index (κ2) is 11.7. The maximum atomic E-state index is 4.61. The lowest BCUT2D eigenvalue weighted by Gasteiger charge is -2.19. The molecule has 0 saturated heterocycles. The molecule has 0 aliphatic rings. The molecule has 2 aromatic rings. The fourth-order valence-electron chi connectivity index (χ4n) is 2.40. The van der Waals surface area contributed by atoms with Gasteiger partial charge in [0, 0.05) is 32.9 Å². The highest BCUT2D eigenvalue weighted by Gasteiger charge is 2.04. The molecule has 0 aliphatic heterocycles. The number of guanidine groups is 1. The molecule has 0 aromatic carbocycles. The first-order valence-electron chi connectivity index (χ1n) is 8.72. The van der Waals surface area contributed by atoms with E-state index >= 15 is 0 Å². The van der Waals surface area contributed by atoms with Gasteiger partial charge in [0.15, 0.2) is 5.96 Å². The van der Waals surface area contributed by atoms with Gasteiger partial charge in [-0.2, -0.15) is 5.10 Å². The van der Waals surface area contributed by atoms with Crippen LogP contribution in [0.25, 0.3) is 0 Å². The first kappa shape index (κ1) is 22.1. The highest BCUT2D eigenvalue weighted by Crippen LogP contribution is 2.11. The lowest BCUT2D eigenvalue weighted by atomic mass is 10.3. The average molecular weight is 472 g/mol. The van der Waals surface area contributed by atoms with Gasteiger partial charge in [0.2, 0.25) is 0 Å². The Kier molecular flexibility index (Phi) is 9.92. The maximum absolute atomic E-state index is 4.61. The number of hydrogen-bond donors (Lipinski definition) is 2. The van der Waals surface area contributed by atoms with Crippen LogP contribution in [-0.4, -0.2) is 45.3 Å². The Balaban J connectivity index is 0.00000338. The normalized spacial score (nSPS) is 11.0. The van der Waals surface area contributed by atoms with E-state index in [1.807, 2.05) is 20.2 Å². The number of aromatic nitrogens is 4. The predicted molar refractivity (Wildman–Crippen MR) is 116 cm³/mol. The summed E-state index contributed by atoms with van der Waals surface area (Å²) in [5.41, 5.74) is 1.08. The minimum Gasteiger partial charge on any atom is -0.357 e. The molecule has 9 heteroatoms. The van der Waals surface area contributed by atoms with E-state index in [9.17, 15) is 0 Å². The monoisotopic (exact) mass is 472 g/mol. The molecule has 26 heavy (non-hydrogen) atoms. The van der Waals surface area contributed by atoms with Crippen molar-refractivity contribution in [3.05, 3.63) is 36.0 Å². The van der Waals surface area contributed by atoms with Crippen LogP contribution in [0, 0.1) is 0 Å². The molecule has 2 N–H and O–H groups in total. The first-order chi connectivity index (χ1) is 12.2. The first-order valence-corrected chi connectivity index (χ1v) is 8.72. The summed E-state index contributed by atoms with van der Waals surface area (Å²) >= 11 is 0. The summed E-state index contributed by atoms with van der Waals surface area (Å²) in [5, 5.41) is 10.6. The number of nitrogens with zero attached hydrogens (tertiary/aromatic N) is 6. The van der Waals surface area contributed by atoms with Gasteiger partial charge < -0.3 is 15.5 Å². The third-order valence-corrected chi connectivity index (χ3v) is 3.88. The van der Waals surface area contributed by atoms with E-state index in [0.717, 1.165) is 42.8 Å². The number of aryl methyl sites for hydroxylation is 1. The highest BCUT2D eigenvalue weighted by molar-refractivity contribution is 14.0. The van der Waals surface area contributed by atoms with Gasteiger partial charge >= 0.3 is 0 Å². The molecule has 0 atom stereocenters. The van der Waals surface area contributed by atoms with Crippen molar-refractivity contribution in [1.29, 1.82) is 0 Å². The molecule has 0 fully saturated rings. The molecule has 0 saturated carbocycles. The Morgan fingerprint density at radius 3 is 2.46 bits per heavy atom. The van der Waals surface area contributed by atoms with Gasteiger partial charge in [-0.05, 0) is 32.4 Å². The molecule has 0 bridgehead atoms. The van der Waals surface area contributed by atoms with E-state index in [0.29, 0.717) is 13.1 Å². The summed E-state index contributed by atoms with van der Waals surface area (Å²) in [6, 6.07) is 4.13. The zero-order chi connectivity index (χ0) is 18.1. The molecule has 0 unspecified atom stereocenters. The smallest absolute Gasteiger partial charge is 0.191 e. The Bertz CT molecular complexity index is 664. The fraction of sp³-hybridized carbons (Fsp3) is 0.529. The van der Waals surface area contributed by atoms with Crippen LogP contribution in [0.2, 0.25) is 0 Å². The summed E-state index contributed by atoms with van der Waals surface area (Å²) in [7, 11) is 1.87. The van der Waals surface area contributed by atoms with Crippen molar-refractivity contribution in [1.82, 2.24) is 30.4 Å². The van der Waals surface area contributed by atoms with Crippen LogP contribution >= 0.6 is 24.0 Å². The van der Waals surface area contributed by atoms with E-state index in [-0.39, 0.29) is 24.0 Å². The number of pyridine rings is 1. The molecule has 0 spiro atoms. The van der Waals surface area contributed by atoms with Crippen molar-refractivity contribution in [2.45, 2.75) is 33.9 Å². The van der Waals surface area contributed by atoms with Gasteiger partial charge in [-0.1, -0.05) is 6.07 Å². The number of aliphatic imine (C=N–C) groups is 1. The number of nitrogens with one attached hydrogen (secondary N) is 2. The highest BCUT2D eigenvalue weighted by atomic mass is 127. The third kappa shape index (κ3) is 6.43. The quantitative estimate of drug-likeness (QED) is 0.347. The summed E-state index contributed by atoms with van der Waals surface area (Å²) in [4.78, 5) is 15.6. The topological polar surface area (TPSA) is 83.3 Å². The summed E-state index contributed by atoms with van der Waals surface area (Å²) in [5.74, 6) is 2.61. The Labute approximate surface area is 172 Å². The van der Waals surface area contributed by atoms with E-state index in [4.69, 9.17) is 0 Å². The van der Waals surface area contributed by atoms with E-state index in [2.05, 4.69) is 61.6 Å². The molecule has 2 heterocycles. The van der Waals surface area contributed by atoms with Gasteiger partial charge in [-0.3, -0.25) is 4.68 Å². The van der Waals surface area contributed by atoms with Gasteiger partial charge in [0.1, 0.15) is 18.0 Å². The van der Waals surface area contributed by atoms with Crippen LogP contribution in [0.15, 0.2) is 29.6 Å². The molecule has 144 valence electrons. The fourth-order valence-corrected chi connectivity index (χ4v) is 2.40. The zero-order valence-electron chi connectivity index (χ0n) is 15.9. The van der Waals surface area contributed by atoms with Gasteiger partial charge in [0.25, 0.3) is 0 Å². The molecule has 8 nitrogen and oxygen atoms in total. The number of halogens is 1. The van der Waals surface area contributed by atoms with Crippen molar-refractivity contribution in [3.8, 4) is 0 Å². The van der Waals surface area contributed by atoms with E-state index < -0.39 is 0 Å². The second-order valence-corrected chi connectivity index (χ2v) is 5.55. The molecular formula is C17H29IN8. The largest absolute Gasteiger partial charge is 0.357 e. The Morgan fingerprint density at radius 1 is 1.15 bits per heavy atom. The van der Waals surface area contributed by atoms with Crippen molar-refractivity contribution in [3.63, 3.8) is 0 Å². The molecule has 2 aromatic heterocycles. The summed E-state index contributed by atoms with van der Waals surface area (Å²) in [6.45, 7) is 10.2. The van der Waals surface area contributed by atoms with Crippen LogP contribution in [0.5, 0.6) is 0 Å². The number of rotatable bonds is 8. The van der Waals surface area contributed by atoms with Gasteiger partial charge in [0.05, 0.1) is 13.1 Å². The minimum atomic E-state index is 0. The molecular weight excluding hydrogens is 443 g/mol. The molecule has 2 rings (SSSR count). The van der Waals surface area contributed by atoms with Gasteiger partial charge in [-0.15, -0.1) is 24.0 Å². The Morgan fingerprint density at radius 2 is 1.92 bits per heavy atom. The minimum absolute atomic E-state index is 0. The van der Waals surface area contributed by atoms with E-state index in [1.165, 1.54) is 0 Å². The van der Waals surface area contributed by atoms with Crippen LogP contribution in [0.3, 0.4) is 0 Å². The van der Waals surface area contributed by atoms with Crippen LogP contribution in [0.1, 0.15) is 32.2 Å². The van der Waals surface area contributed by atoms with Crippen molar-refractivity contribution < 1.29 is 0 Å². The number of hydrogen-bond acceptors (Lipinski definition) is 5. The van der Waals surface area contributed by atoms with Gasteiger partial charge in [-0.25, -0.2) is 15.0 Å². The van der Waals surface area contributed by atoms with Crippen molar-refractivity contribution in [2.24, 2.45) is 12.0 Å². The van der Waals surface area contributed by atoms with Crippen molar-refractivity contribution in [2.75, 3.05) is 24.5 Å². The molecule has 0 radical (unpaired) electrons. The zero-order valence-corrected chi connectivity index (χ0v) is 18.3. The van der Waals surface area contributed by atoms with Crippen LogP contribution < -0.4 is 15.5 Å². The standard InChI is InChI=1S/C17H28N8.HI/c1-5-18-17(21-12-16-22-13-23-24(16)4)20-11-14-8-9-15(19-10-14)25(6-2)7-3;/h8-10,13H,5-7,11-12H2,1-4H3,(H2,18,20,21);1H. The maximum Gasteiger partial charge on any atom is 0.191 e. The molecule has 0 aliphatic carbocycles. The van der Waals surface area contributed by atoms with E-state index in [1.54, 1.807) is 11.0 Å². The van der Waals surface area contributed by atoms with Crippen molar-refractivity contribution >= 4 is 35.8 Å². The predicted octanol–water partition coefficient (Wildman–Crippen LogP) is 1.93. The lowest BCUT2D eigenvalue weighted by molar-refractivity contribution is 0.673. The molecule has 0 amide bonds. The van der Waals surface area contributed by atoms with Crippen LogP contribution in [-0.2, 0) is 20.1 Å². The summed E-state index contributed by atoms with van der Waals surface area (Å²) in [6.07, 6.45) is 3.44. The van der Waals surface area contributed by atoms with Crippen LogP contribution in [0.4, 0.5) is 5.82 Å². The SMILES string of the molecule is CCNC(=NCc1ccc(N(CC)CC)nc1)NCc1ncnn1C.I. The Hall–Kier alpha value is -1.91.